The van der Waals surface area contributed by atoms with Gasteiger partial charge in [0.2, 0.25) is 0 Å². The van der Waals surface area contributed by atoms with E-state index in [-0.39, 0.29) is 0 Å². The monoisotopic (exact) mass is 121 g/mol. The van der Waals surface area contributed by atoms with Crippen LogP contribution in [0.15, 0.2) is 23.3 Å². The van der Waals surface area contributed by atoms with E-state index in [0.717, 1.165) is 5.57 Å². The lowest BCUT2D eigenvalue weighted by Crippen LogP contribution is -1.68. The van der Waals surface area contributed by atoms with E-state index in [9.17, 15) is 0 Å². The molecule has 0 rings (SSSR count). The molecule has 0 heterocycles. The van der Waals surface area contributed by atoms with Crippen molar-refractivity contribution in [2.45, 2.75) is 20.8 Å². The molecule has 0 spiro atoms. The molecular formula is C8H11N. The van der Waals surface area contributed by atoms with Crippen molar-refractivity contribution in [2.75, 3.05) is 0 Å². The summed E-state index contributed by atoms with van der Waals surface area (Å²) in [4.78, 5) is 0. The Bertz CT molecular complexity index is 175. The molecule has 1 nitrogen and oxygen atoms in total. The predicted molar refractivity (Wildman–Crippen MR) is 38.8 cm³/mol. The SMILES string of the molecule is CC(C)=C/C(C)=C/C#N. The summed E-state index contributed by atoms with van der Waals surface area (Å²) in [7, 11) is 0. The topological polar surface area (TPSA) is 23.8 Å². The smallest absolute Gasteiger partial charge is 0.0914 e. The highest BCUT2D eigenvalue weighted by Gasteiger charge is 1.79. The van der Waals surface area contributed by atoms with Gasteiger partial charge in [-0.2, -0.15) is 5.26 Å². The first kappa shape index (κ1) is 7.97. The minimum absolute atomic E-state index is 1.01. The maximum Gasteiger partial charge on any atom is 0.0914 e. The van der Waals surface area contributed by atoms with Crippen LogP contribution < -0.4 is 0 Å². The molecule has 0 aliphatic heterocycles. The number of nitriles is 1. The quantitative estimate of drug-likeness (QED) is 0.386. The molecule has 0 unspecified atom stereocenters. The lowest BCUT2D eigenvalue weighted by Gasteiger charge is -1.87. The largest absolute Gasteiger partial charge is 0.193 e. The molecule has 0 N–H and O–H groups in total. The normalized spacial score (nSPS) is 10.2. The molecule has 0 aliphatic carbocycles. The van der Waals surface area contributed by atoms with Crippen LogP contribution in [0.5, 0.6) is 0 Å². The van der Waals surface area contributed by atoms with Gasteiger partial charge < -0.3 is 0 Å². The molecule has 0 aromatic rings. The fraction of sp³-hybridized carbons (Fsp3) is 0.375. The first-order chi connectivity index (χ1) is 4.16. The second-order valence-corrected chi connectivity index (χ2v) is 2.24. The van der Waals surface area contributed by atoms with E-state index >= 15 is 0 Å². The molecule has 0 saturated heterocycles. The van der Waals surface area contributed by atoms with E-state index in [1.165, 1.54) is 11.6 Å². The molecule has 0 amide bonds. The summed E-state index contributed by atoms with van der Waals surface area (Å²) in [6, 6.07) is 1.97. The zero-order valence-corrected chi connectivity index (χ0v) is 6.10. The van der Waals surface area contributed by atoms with Gasteiger partial charge in [-0.15, -0.1) is 0 Å². The highest BCUT2D eigenvalue weighted by molar-refractivity contribution is 5.24. The molecule has 0 radical (unpaired) electrons. The standard InChI is InChI=1S/C8H11N/c1-7(2)6-8(3)4-5-9/h4,6H,1-3H3/b8-4+. The van der Waals surface area contributed by atoms with Gasteiger partial charge in [-0.3, -0.25) is 0 Å². The minimum Gasteiger partial charge on any atom is -0.193 e. The van der Waals surface area contributed by atoms with Crippen molar-refractivity contribution in [3.8, 4) is 6.07 Å². The van der Waals surface area contributed by atoms with Gasteiger partial charge in [0.25, 0.3) is 0 Å². The Kier molecular flexibility index (Phi) is 3.46. The molecule has 0 aromatic heterocycles. The molecule has 9 heavy (non-hydrogen) atoms. The lowest BCUT2D eigenvalue weighted by atomic mass is 10.2. The van der Waals surface area contributed by atoms with Crippen molar-refractivity contribution in [3.05, 3.63) is 23.3 Å². The second-order valence-electron chi connectivity index (χ2n) is 2.24. The van der Waals surface area contributed by atoms with Crippen molar-refractivity contribution in [2.24, 2.45) is 0 Å². The Labute approximate surface area is 56.3 Å². The Morgan fingerprint density at radius 3 is 2.22 bits per heavy atom. The second kappa shape index (κ2) is 3.91. The lowest BCUT2D eigenvalue weighted by molar-refractivity contribution is 1.35. The van der Waals surface area contributed by atoms with Crippen LogP contribution in [-0.4, -0.2) is 0 Å². The van der Waals surface area contributed by atoms with Gasteiger partial charge in [0.1, 0.15) is 0 Å². The van der Waals surface area contributed by atoms with Crippen LogP contribution in [0.4, 0.5) is 0 Å². The van der Waals surface area contributed by atoms with Crippen LogP contribution in [0.2, 0.25) is 0 Å². The third kappa shape index (κ3) is 4.83. The Morgan fingerprint density at radius 1 is 1.33 bits per heavy atom. The molecular weight excluding hydrogens is 110 g/mol. The average Bonchev–Trinajstić information content (AvgIpc) is 1.63. The van der Waals surface area contributed by atoms with Gasteiger partial charge in [-0.25, -0.2) is 0 Å². The summed E-state index contributed by atoms with van der Waals surface area (Å²) in [5.74, 6) is 0. The Hall–Kier alpha value is -1.03. The van der Waals surface area contributed by atoms with E-state index in [1.807, 2.05) is 32.9 Å². The summed E-state index contributed by atoms with van der Waals surface area (Å²) in [5, 5.41) is 8.19. The molecule has 0 aromatic carbocycles. The first-order valence-electron chi connectivity index (χ1n) is 2.88. The molecule has 48 valence electrons. The molecule has 1 heteroatoms. The van der Waals surface area contributed by atoms with Crippen LogP contribution in [0.3, 0.4) is 0 Å². The highest BCUT2D eigenvalue weighted by Crippen LogP contribution is 1.98. The van der Waals surface area contributed by atoms with Crippen molar-refractivity contribution < 1.29 is 0 Å². The molecule has 0 bridgehead atoms. The number of hydrogen-bond acceptors (Lipinski definition) is 1. The van der Waals surface area contributed by atoms with Crippen molar-refractivity contribution in [1.82, 2.24) is 0 Å². The summed E-state index contributed by atoms with van der Waals surface area (Å²) in [5.41, 5.74) is 2.23. The number of nitrogens with zero attached hydrogens (tertiary/aromatic N) is 1. The Morgan fingerprint density at radius 2 is 1.89 bits per heavy atom. The maximum absolute atomic E-state index is 8.19. The predicted octanol–water partition coefficient (Wildman–Crippen LogP) is 2.42. The van der Waals surface area contributed by atoms with Crippen LogP contribution >= 0.6 is 0 Å². The van der Waals surface area contributed by atoms with E-state index < -0.39 is 0 Å². The van der Waals surface area contributed by atoms with Gasteiger partial charge >= 0.3 is 0 Å². The van der Waals surface area contributed by atoms with Crippen LogP contribution in [0.1, 0.15) is 20.8 Å². The Balaban J connectivity index is 4.11. The van der Waals surface area contributed by atoms with Gasteiger partial charge in [-0.1, -0.05) is 11.6 Å². The van der Waals surface area contributed by atoms with Gasteiger partial charge in [-0.05, 0) is 26.3 Å². The number of rotatable bonds is 1. The fourth-order valence-electron chi connectivity index (χ4n) is 0.599. The molecule has 0 atom stereocenters. The van der Waals surface area contributed by atoms with Crippen molar-refractivity contribution in [3.63, 3.8) is 0 Å². The number of hydrogen-bond donors (Lipinski definition) is 0. The molecule has 0 saturated carbocycles. The van der Waals surface area contributed by atoms with E-state index in [1.54, 1.807) is 0 Å². The molecule has 0 aliphatic rings. The van der Waals surface area contributed by atoms with Crippen molar-refractivity contribution in [1.29, 1.82) is 5.26 Å². The van der Waals surface area contributed by atoms with Crippen LogP contribution in [0.25, 0.3) is 0 Å². The number of allylic oxidation sites excluding steroid dienone is 4. The van der Waals surface area contributed by atoms with Gasteiger partial charge in [0.05, 0.1) is 6.07 Å². The zero-order valence-electron chi connectivity index (χ0n) is 6.10. The first-order valence-corrected chi connectivity index (χ1v) is 2.88. The van der Waals surface area contributed by atoms with E-state index in [0.29, 0.717) is 0 Å². The van der Waals surface area contributed by atoms with Gasteiger partial charge in [0.15, 0.2) is 0 Å². The third-order valence-electron chi connectivity index (χ3n) is 0.809. The maximum atomic E-state index is 8.19. The van der Waals surface area contributed by atoms with E-state index in [4.69, 9.17) is 5.26 Å². The zero-order chi connectivity index (χ0) is 7.28. The van der Waals surface area contributed by atoms with Gasteiger partial charge in [0, 0.05) is 6.08 Å². The van der Waals surface area contributed by atoms with E-state index in [2.05, 4.69) is 0 Å². The average molecular weight is 121 g/mol. The summed E-state index contributed by atoms with van der Waals surface area (Å²) >= 11 is 0. The van der Waals surface area contributed by atoms with Crippen molar-refractivity contribution >= 4 is 0 Å². The minimum atomic E-state index is 1.01. The summed E-state index contributed by atoms with van der Waals surface area (Å²) in [6.45, 7) is 5.93. The molecule has 0 fully saturated rings. The fourth-order valence-corrected chi connectivity index (χ4v) is 0.599. The highest BCUT2D eigenvalue weighted by atomic mass is 14.2. The van der Waals surface area contributed by atoms with Crippen LogP contribution in [0, 0.1) is 11.3 Å². The summed E-state index contributed by atoms with van der Waals surface area (Å²) < 4.78 is 0. The van der Waals surface area contributed by atoms with Crippen LogP contribution in [-0.2, 0) is 0 Å². The third-order valence-corrected chi connectivity index (χ3v) is 0.809. The summed E-state index contributed by atoms with van der Waals surface area (Å²) in [6.07, 6.45) is 3.51.